The molecule has 0 saturated carbocycles. The average Bonchev–Trinajstić information content (AvgIpc) is 3.94. The average molecular weight is 737 g/mol. The number of para-hydroxylation sites is 4. The summed E-state index contributed by atoms with van der Waals surface area (Å²) in [6, 6.07) is 69.9. The lowest BCUT2D eigenvalue weighted by Crippen LogP contribution is -1.97. The number of hydrogen-bond donors (Lipinski definition) is 0. The third-order valence-corrected chi connectivity index (χ3v) is 12.2. The Bertz CT molecular complexity index is 3760. The highest BCUT2D eigenvalue weighted by Crippen LogP contribution is 2.48. The molecule has 13 aromatic rings. The van der Waals surface area contributed by atoms with E-state index in [9.17, 15) is 0 Å². The highest BCUT2D eigenvalue weighted by atomic mass is 15.0. The Morgan fingerprint density at radius 3 is 1.60 bits per heavy atom. The highest BCUT2D eigenvalue weighted by Gasteiger charge is 2.25. The SMILES string of the molecule is c1ccc(-c2ccc(-c3nc4ccccc4nc3-c3ccc(-n4c5ccc6ccccc6c5c5cc6c7ccccc7n7c8ccccc8c(c54)c67)cc3)cc2)cc1. The molecule has 0 atom stereocenters. The third-order valence-electron chi connectivity index (χ3n) is 12.2. The molecule has 13 rings (SSSR count). The zero-order valence-corrected chi connectivity index (χ0v) is 31.3. The second-order valence-corrected chi connectivity index (χ2v) is 15.3. The first kappa shape index (κ1) is 31.4. The summed E-state index contributed by atoms with van der Waals surface area (Å²) < 4.78 is 4.97. The quantitative estimate of drug-likeness (QED) is 0.180. The normalized spacial score (nSPS) is 12.1. The minimum atomic E-state index is 0.865. The van der Waals surface area contributed by atoms with Gasteiger partial charge in [-0.25, -0.2) is 9.97 Å². The zero-order valence-electron chi connectivity index (χ0n) is 31.3. The molecule has 0 aliphatic heterocycles. The van der Waals surface area contributed by atoms with Gasteiger partial charge in [-0.2, -0.15) is 0 Å². The Morgan fingerprint density at radius 2 is 0.879 bits per heavy atom. The lowest BCUT2D eigenvalue weighted by molar-refractivity contribution is 1.19. The predicted octanol–water partition coefficient (Wildman–Crippen LogP) is 14.0. The first-order valence-electron chi connectivity index (χ1n) is 19.8. The van der Waals surface area contributed by atoms with Gasteiger partial charge in [0.2, 0.25) is 0 Å². The van der Waals surface area contributed by atoms with Gasteiger partial charge in [-0.05, 0) is 70.4 Å². The molecule has 4 heteroatoms. The Labute approximate surface area is 332 Å². The van der Waals surface area contributed by atoms with Crippen LogP contribution < -0.4 is 0 Å². The molecule has 0 fully saturated rings. The van der Waals surface area contributed by atoms with E-state index in [1.54, 1.807) is 0 Å². The minimum absolute atomic E-state index is 0.865. The van der Waals surface area contributed by atoms with Gasteiger partial charge in [0.25, 0.3) is 0 Å². The number of aromatic nitrogens is 4. The second kappa shape index (κ2) is 11.8. The molecular formula is C54H32N4. The molecule has 4 heterocycles. The lowest BCUT2D eigenvalue weighted by Gasteiger charge is -2.13. The van der Waals surface area contributed by atoms with Crippen molar-refractivity contribution in [3.8, 4) is 39.3 Å². The van der Waals surface area contributed by atoms with Crippen molar-refractivity contribution in [2.24, 2.45) is 0 Å². The minimum Gasteiger partial charge on any atom is -0.309 e. The molecule has 0 saturated heterocycles. The maximum Gasteiger partial charge on any atom is 0.0973 e. The van der Waals surface area contributed by atoms with Gasteiger partial charge in [-0.3, -0.25) is 0 Å². The first-order valence-corrected chi connectivity index (χ1v) is 19.8. The first-order chi connectivity index (χ1) is 28.8. The van der Waals surface area contributed by atoms with Crippen molar-refractivity contribution in [1.82, 2.24) is 18.9 Å². The standard InChI is InChI=1S/C54H32N4/c1-2-12-33(13-3-1)34-22-24-36(25-23-34)51-52(56-45-19-9-8-18-44(45)55-51)37-26-29-38(30-27-37)57-48-31-28-35-14-4-5-15-39(35)49(48)43-32-42-40-16-6-10-20-46(40)58-47-21-11-7-17-41(47)50(53(42)58)54(43)57/h1-32H. The van der Waals surface area contributed by atoms with Gasteiger partial charge in [-0.1, -0.05) is 146 Å². The van der Waals surface area contributed by atoms with Gasteiger partial charge < -0.3 is 8.97 Å². The van der Waals surface area contributed by atoms with Gasteiger partial charge in [0, 0.05) is 49.1 Å². The highest BCUT2D eigenvalue weighted by molar-refractivity contribution is 6.36. The maximum atomic E-state index is 5.27. The Balaban J connectivity index is 1.07. The van der Waals surface area contributed by atoms with Crippen LogP contribution in [0.25, 0.3) is 121 Å². The summed E-state index contributed by atoms with van der Waals surface area (Å²) in [4.78, 5) is 10.5. The van der Waals surface area contributed by atoms with Crippen molar-refractivity contribution < 1.29 is 0 Å². The van der Waals surface area contributed by atoms with Crippen LogP contribution in [0.3, 0.4) is 0 Å². The molecular weight excluding hydrogens is 705 g/mol. The van der Waals surface area contributed by atoms with Crippen LogP contribution in [0.1, 0.15) is 0 Å². The van der Waals surface area contributed by atoms with Crippen LogP contribution >= 0.6 is 0 Å². The van der Waals surface area contributed by atoms with E-state index in [2.05, 4.69) is 179 Å². The van der Waals surface area contributed by atoms with Crippen LogP contribution in [0.2, 0.25) is 0 Å². The van der Waals surface area contributed by atoms with Gasteiger partial charge in [0.05, 0.1) is 50.0 Å². The molecule has 0 bridgehead atoms. The van der Waals surface area contributed by atoms with Gasteiger partial charge >= 0.3 is 0 Å². The van der Waals surface area contributed by atoms with Crippen molar-refractivity contribution in [1.29, 1.82) is 0 Å². The molecule has 0 spiro atoms. The molecule has 0 aliphatic carbocycles. The molecule has 4 aromatic heterocycles. The fourth-order valence-corrected chi connectivity index (χ4v) is 9.67. The molecule has 268 valence electrons. The molecule has 0 amide bonds. The van der Waals surface area contributed by atoms with E-state index in [-0.39, 0.29) is 0 Å². The topological polar surface area (TPSA) is 35.1 Å². The number of hydrogen-bond acceptors (Lipinski definition) is 2. The molecule has 0 radical (unpaired) electrons. The molecule has 0 aliphatic rings. The summed E-state index contributed by atoms with van der Waals surface area (Å²) in [5, 5.41) is 10.2. The van der Waals surface area contributed by atoms with Crippen LogP contribution in [0.4, 0.5) is 0 Å². The zero-order chi connectivity index (χ0) is 37.9. The van der Waals surface area contributed by atoms with Crippen molar-refractivity contribution in [2.75, 3.05) is 0 Å². The fourth-order valence-electron chi connectivity index (χ4n) is 9.67. The number of fused-ring (bicyclic) bond motifs is 13. The van der Waals surface area contributed by atoms with Gasteiger partial charge in [-0.15, -0.1) is 0 Å². The molecule has 9 aromatic carbocycles. The molecule has 58 heavy (non-hydrogen) atoms. The van der Waals surface area contributed by atoms with Crippen LogP contribution in [-0.2, 0) is 0 Å². The van der Waals surface area contributed by atoms with Crippen molar-refractivity contribution in [3.63, 3.8) is 0 Å². The predicted molar refractivity (Wildman–Crippen MR) is 242 cm³/mol. The summed E-state index contributed by atoms with van der Waals surface area (Å²) >= 11 is 0. The Morgan fingerprint density at radius 1 is 0.328 bits per heavy atom. The summed E-state index contributed by atoms with van der Waals surface area (Å²) in [5.41, 5.74) is 15.2. The summed E-state index contributed by atoms with van der Waals surface area (Å²) in [5.74, 6) is 0. The summed E-state index contributed by atoms with van der Waals surface area (Å²) in [7, 11) is 0. The van der Waals surface area contributed by atoms with E-state index in [1.807, 2.05) is 24.3 Å². The summed E-state index contributed by atoms with van der Waals surface area (Å²) in [6.45, 7) is 0. The van der Waals surface area contributed by atoms with E-state index in [1.165, 1.54) is 81.8 Å². The Kier molecular flexibility index (Phi) is 6.41. The maximum absolute atomic E-state index is 5.27. The van der Waals surface area contributed by atoms with E-state index in [4.69, 9.17) is 9.97 Å². The number of benzene rings is 9. The fraction of sp³-hybridized carbons (Fsp3) is 0. The van der Waals surface area contributed by atoms with Crippen LogP contribution in [0, 0.1) is 0 Å². The van der Waals surface area contributed by atoms with E-state index >= 15 is 0 Å². The van der Waals surface area contributed by atoms with Crippen molar-refractivity contribution in [2.45, 2.75) is 0 Å². The smallest absolute Gasteiger partial charge is 0.0973 e. The van der Waals surface area contributed by atoms with Crippen LogP contribution in [0.5, 0.6) is 0 Å². The van der Waals surface area contributed by atoms with E-state index < -0.39 is 0 Å². The lowest BCUT2D eigenvalue weighted by atomic mass is 9.99. The van der Waals surface area contributed by atoms with Crippen molar-refractivity contribution in [3.05, 3.63) is 194 Å². The second-order valence-electron chi connectivity index (χ2n) is 15.3. The summed E-state index contributed by atoms with van der Waals surface area (Å²) in [6.07, 6.45) is 0. The number of nitrogens with zero attached hydrogens (tertiary/aromatic N) is 4. The van der Waals surface area contributed by atoms with E-state index in [0.29, 0.717) is 0 Å². The van der Waals surface area contributed by atoms with Crippen LogP contribution in [0.15, 0.2) is 194 Å². The van der Waals surface area contributed by atoms with Crippen LogP contribution in [-0.4, -0.2) is 18.9 Å². The largest absolute Gasteiger partial charge is 0.309 e. The van der Waals surface area contributed by atoms with Crippen molar-refractivity contribution >= 4 is 81.7 Å². The monoisotopic (exact) mass is 736 g/mol. The van der Waals surface area contributed by atoms with E-state index in [0.717, 1.165) is 39.2 Å². The van der Waals surface area contributed by atoms with Gasteiger partial charge in [0.15, 0.2) is 0 Å². The molecule has 4 nitrogen and oxygen atoms in total. The molecule has 0 unspecified atom stereocenters. The molecule has 0 N–H and O–H groups in total. The number of rotatable bonds is 4. The van der Waals surface area contributed by atoms with Gasteiger partial charge in [0.1, 0.15) is 0 Å². The third kappa shape index (κ3) is 4.34. The Hall–Kier alpha value is -7.82.